The van der Waals surface area contributed by atoms with Crippen LogP contribution in [0.3, 0.4) is 0 Å². The van der Waals surface area contributed by atoms with E-state index in [0.717, 1.165) is 4.90 Å². The number of carboxylic acids is 2. The fourth-order valence-electron chi connectivity index (χ4n) is 0.547. The first-order valence-corrected chi connectivity index (χ1v) is 4.29. The van der Waals surface area contributed by atoms with Crippen molar-refractivity contribution in [2.24, 2.45) is 0 Å². The summed E-state index contributed by atoms with van der Waals surface area (Å²) >= 11 is 0. The van der Waals surface area contributed by atoms with Gasteiger partial charge in [0.1, 0.15) is 0 Å². The Labute approximate surface area is 123 Å². The molecule has 0 rings (SSSR count). The molecular formula is C10H23N3O4Pt. The Balaban J connectivity index is -0.0000000607. The van der Waals surface area contributed by atoms with Gasteiger partial charge >= 0.3 is 33.0 Å². The van der Waals surface area contributed by atoms with Gasteiger partial charge in [0.05, 0.1) is 0 Å². The zero-order chi connectivity index (χ0) is 13.7. The number of carboxylic acid groups (broad SMARTS) is 2. The maximum absolute atomic E-state index is 10.2. The molecule has 0 saturated carbocycles. The molecule has 0 aliphatic heterocycles. The van der Waals surface area contributed by atoms with Gasteiger partial charge in [0.15, 0.2) is 0 Å². The number of hydrogen-bond donors (Lipinski definition) is 2. The third-order valence-electron chi connectivity index (χ3n) is 1.11. The van der Waals surface area contributed by atoms with Crippen LogP contribution in [-0.2, 0) is 30.7 Å². The van der Waals surface area contributed by atoms with E-state index in [-0.39, 0.29) is 41.6 Å². The first-order chi connectivity index (χ1) is 7.38. The SMILES string of the molecule is C.C=C.CN(C)C(C(=O)O)C(=O)O.[NH-]CC[NH-].[Pt+2]. The van der Waals surface area contributed by atoms with Gasteiger partial charge in [-0.25, -0.2) is 9.59 Å². The average Bonchev–Trinajstić information content (AvgIpc) is 2.19. The normalized spacial score (nSPS) is 7.67. The van der Waals surface area contributed by atoms with Crippen LogP contribution in [0.1, 0.15) is 7.43 Å². The van der Waals surface area contributed by atoms with E-state index in [9.17, 15) is 9.59 Å². The predicted octanol–water partition coefficient (Wildman–Crippen LogP) is 1.61. The van der Waals surface area contributed by atoms with E-state index >= 15 is 0 Å². The van der Waals surface area contributed by atoms with Gasteiger partial charge in [0, 0.05) is 0 Å². The zero-order valence-electron chi connectivity index (χ0n) is 9.88. The van der Waals surface area contributed by atoms with Gasteiger partial charge in [-0.2, -0.15) is 13.1 Å². The Morgan fingerprint density at radius 2 is 1.33 bits per heavy atom. The summed E-state index contributed by atoms with van der Waals surface area (Å²) < 4.78 is 0. The Bertz CT molecular complexity index is 188. The fourth-order valence-corrected chi connectivity index (χ4v) is 0.547. The molecule has 0 amide bonds. The average molecular weight is 444 g/mol. The van der Waals surface area contributed by atoms with E-state index in [1.54, 1.807) is 0 Å². The van der Waals surface area contributed by atoms with Gasteiger partial charge in [-0.1, -0.05) is 7.43 Å². The smallest absolute Gasteiger partial charge is 0.679 e. The number of hydrogen-bond acceptors (Lipinski definition) is 3. The molecule has 0 radical (unpaired) electrons. The molecule has 0 saturated heterocycles. The molecule has 0 fully saturated rings. The molecule has 112 valence electrons. The molecule has 0 aromatic carbocycles. The van der Waals surface area contributed by atoms with Crippen LogP contribution in [0.25, 0.3) is 11.5 Å². The van der Waals surface area contributed by atoms with E-state index in [1.807, 2.05) is 0 Å². The molecule has 0 unspecified atom stereocenters. The summed E-state index contributed by atoms with van der Waals surface area (Å²) in [6.07, 6.45) is 0. The van der Waals surface area contributed by atoms with Crippen molar-refractivity contribution in [3.8, 4) is 0 Å². The van der Waals surface area contributed by atoms with Crippen molar-refractivity contribution in [3.63, 3.8) is 0 Å². The molecule has 4 N–H and O–H groups in total. The summed E-state index contributed by atoms with van der Waals surface area (Å²) in [4.78, 5) is 21.4. The van der Waals surface area contributed by atoms with E-state index < -0.39 is 18.0 Å². The van der Waals surface area contributed by atoms with Crippen molar-refractivity contribution in [2.45, 2.75) is 13.5 Å². The maximum atomic E-state index is 10.2. The second-order valence-corrected chi connectivity index (χ2v) is 2.54. The standard InChI is InChI=1S/C5H9NO4.C2H6N2.C2H4.CH4.Pt/c1-6(2)3(4(7)8)5(9)10;3-1-2-4;1-2;;/h3H,1-2H3,(H,7,8)(H,9,10);3-4H,1-2H2;1-2H2;1H4;/q;-2;;;+2. The number of rotatable bonds is 4. The largest absolute Gasteiger partial charge is 2.00 e. The Hall–Kier alpha value is -0.752. The molecule has 0 atom stereocenters. The fraction of sp³-hybridized carbons (Fsp3) is 0.600. The summed E-state index contributed by atoms with van der Waals surface area (Å²) in [5.74, 6) is -2.70. The number of nitrogens with one attached hydrogen (secondary N) is 2. The quantitative estimate of drug-likeness (QED) is 0.503. The molecular weight excluding hydrogens is 421 g/mol. The van der Waals surface area contributed by atoms with Gasteiger partial charge < -0.3 is 21.7 Å². The summed E-state index contributed by atoms with van der Waals surface area (Å²) in [6.45, 7) is 6.47. The molecule has 8 heteroatoms. The third kappa shape index (κ3) is 20.6. The molecule has 7 nitrogen and oxygen atoms in total. The molecule has 0 spiro atoms. The van der Waals surface area contributed by atoms with Crippen molar-refractivity contribution in [1.82, 2.24) is 4.90 Å². The van der Waals surface area contributed by atoms with Crippen LogP contribution in [0.2, 0.25) is 0 Å². The Morgan fingerprint density at radius 1 is 1.11 bits per heavy atom. The number of likely N-dealkylation sites (N-methyl/N-ethyl adjacent to an activating group) is 1. The summed E-state index contributed by atoms with van der Waals surface area (Å²) in [7, 11) is 2.79. The second-order valence-electron chi connectivity index (χ2n) is 2.54. The van der Waals surface area contributed by atoms with Crippen LogP contribution in [0.4, 0.5) is 0 Å². The first kappa shape index (κ1) is 30.4. The zero-order valence-corrected chi connectivity index (χ0v) is 12.2. The van der Waals surface area contributed by atoms with Crippen LogP contribution < -0.4 is 0 Å². The van der Waals surface area contributed by atoms with Crippen LogP contribution in [-0.4, -0.2) is 60.3 Å². The van der Waals surface area contributed by atoms with Crippen molar-refractivity contribution >= 4 is 11.9 Å². The maximum Gasteiger partial charge on any atom is 2.00 e. The first-order valence-electron chi connectivity index (χ1n) is 4.29. The van der Waals surface area contributed by atoms with Crippen molar-refractivity contribution in [1.29, 1.82) is 0 Å². The number of nitrogens with zero attached hydrogens (tertiary/aromatic N) is 1. The minimum atomic E-state index is -1.44. The molecule has 0 aromatic rings. The molecule has 0 aliphatic rings. The summed E-state index contributed by atoms with van der Waals surface area (Å²) in [5.41, 5.74) is 12.5. The predicted molar refractivity (Wildman–Crippen MR) is 69.1 cm³/mol. The van der Waals surface area contributed by atoms with E-state index in [0.29, 0.717) is 0 Å². The van der Waals surface area contributed by atoms with E-state index in [4.69, 9.17) is 21.7 Å². The van der Waals surface area contributed by atoms with Gasteiger partial charge in [0.25, 0.3) is 0 Å². The molecule has 0 aromatic heterocycles. The molecule has 0 aliphatic carbocycles. The Morgan fingerprint density at radius 3 is 1.33 bits per heavy atom. The van der Waals surface area contributed by atoms with Crippen molar-refractivity contribution in [2.75, 3.05) is 27.2 Å². The van der Waals surface area contributed by atoms with E-state index in [2.05, 4.69) is 13.2 Å². The number of carbonyl (C=O) groups is 2. The van der Waals surface area contributed by atoms with Crippen LogP contribution in [0.5, 0.6) is 0 Å². The minimum absolute atomic E-state index is 0. The van der Waals surface area contributed by atoms with Crippen LogP contribution >= 0.6 is 0 Å². The van der Waals surface area contributed by atoms with E-state index in [1.165, 1.54) is 14.1 Å². The Kier molecular flexibility index (Phi) is 36.3. The third-order valence-corrected chi connectivity index (χ3v) is 1.11. The molecule has 18 heavy (non-hydrogen) atoms. The monoisotopic (exact) mass is 444 g/mol. The van der Waals surface area contributed by atoms with Gasteiger partial charge in [-0.3, -0.25) is 4.90 Å². The minimum Gasteiger partial charge on any atom is -0.679 e. The second kappa shape index (κ2) is 21.5. The summed E-state index contributed by atoms with van der Waals surface area (Å²) in [6, 6.07) is -1.44. The van der Waals surface area contributed by atoms with Crippen molar-refractivity contribution in [3.05, 3.63) is 24.6 Å². The van der Waals surface area contributed by atoms with Gasteiger partial charge in [-0.15, -0.1) is 13.2 Å². The summed E-state index contributed by atoms with van der Waals surface area (Å²) in [5, 5.41) is 16.6. The van der Waals surface area contributed by atoms with Crippen molar-refractivity contribution < 1.29 is 40.9 Å². The molecule has 0 heterocycles. The van der Waals surface area contributed by atoms with Gasteiger partial charge in [-0.05, 0) is 14.1 Å². The van der Waals surface area contributed by atoms with Crippen LogP contribution in [0, 0.1) is 0 Å². The number of aliphatic carboxylic acids is 2. The molecule has 0 bridgehead atoms. The van der Waals surface area contributed by atoms with Gasteiger partial charge in [0.2, 0.25) is 6.04 Å². The van der Waals surface area contributed by atoms with Crippen LogP contribution in [0.15, 0.2) is 13.2 Å². The topological polar surface area (TPSA) is 125 Å².